The summed E-state index contributed by atoms with van der Waals surface area (Å²) in [5, 5.41) is 0. The Balaban J connectivity index is 2.71. The topological polar surface area (TPSA) is 43.4 Å². The molecule has 0 aliphatic rings. The van der Waals surface area contributed by atoms with Gasteiger partial charge in [0, 0.05) is 6.08 Å². The van der Waals surface area contributed by atoms with Crippen LogP contribution in [0.1, 0.15) is 18.1 Å². The second kappa shape index (κ2) is 6.43. The standard InChI is InChI=1S/C14H14O3/c1-11(15)3-4-12-5-7-13(8-6-12)9-10-14(16)17-2/h3-10H,1-2H3/b4-3+,10-9+. The van der Waals surface area contributed by atoms with Gasteiger partial charge in [-0.1, -0.05) is 30.3 Å². The van der Waals surface area contributed by atoms with E-state index in [2.05, 4.69) is 4.74 Å². The maximum atomic E-state index is 10.9. The van der Waals surface area contributed by atoms with Gasteiger partial charge >= 0.3 is 5.97 Å². The third kappa shape index (κ3) is 4.93. The zero-order valence-electron chi connectivity index (χ0n) is 9.84. The third-order valence-electron chi connectivity index (χ3n) is 2.06. The first-order chi connectivity index (χ1) is 8.11. The number of esters is 1. The van der Waals surface area contributed by atoms with Gasteiger partial charge in [0.2, 0.25) is 0 Å². The van der Waals surface area contributed by atoms with E-state index in [1.807, 2.05) is 24.3 Å². The number of ketones is 1. The lowest BCUT2D eigenvalue weighted by Gasteiger charge is -1.95. The molecule has 0 fully saturated rings. The molecule has 0 aliphatic carbocycles. The van der Waals surface area contributed by atoms with Crippen molar-refractivity contribution in [3.63, 3.8) is 0 Å². The molecular weight excluding hydrogens is 216 g/mol. The number of carbonyl (C=O) groups excluding carboxylic acids is 2. The van der Waals surface area contributed by atoms with Crippen molar-refractivity contribution in [2.24, 2.45) is 0 Å². The van der Waals surface area contributed by atoms with Crippen LogP contribution in [0.15, 0.2) is 36.4 Å². The molecule has 1 aromatic carbocycles. The van der Waals surface area contributed by atoms with E-state index in [9.17, 15) is 9.59 Å². The fraction of sp³-hybridized carbons (Fsp3) is 0.143. The average Bonchev–Trinajstić information content (AvgIpc) is 2.34. The Bertz CT molecular complexity index is 453. The molecule has 0 aliphatic heterocycles. The molecule has 17 heavy (non-hydrogen) atoms. The number of benzene rings is 1. The number of methoxy groups -OCH3 is 1. The van der Waals surface area contributed by atoms with Gasteiger partial charge in [0.1, 0.15) is 0 Å². The van der Waals surface area contributed by atoms with Crippen molar-refractivity contribution in [2.45, 2.75) is 6.92 Å². The first kappa shape index (κ1) is 12.9. The SMILES string of the molecule is COC(=O)/C=C/c1ccc(/C=C/C(C)=O)cc1. The second-order valence-corrected chi connectivity index (χ2v) is 3.47. The van der Waals surface area contributed by atoms with Gasteiger partial charge in [-0.15, -0.1) is 0 Å². The molecule has 0 unspecified atom stereocenters. The molecule has 0 spiro atoms. The van der Waals surface area contributed by atoms with Crippen LogP contribution in [0.4, 0.5) is 0 Å². The number of carbonyl (C=O) groups is 2. The Kier molecular flexibility index (Phi) is 4.88. The maximum Gasteiger partial charge on any atom is 0.330 e. The summed E-state index contributed by atoms with van der Waals surface area (Å²) in [7, 11) is 1.34. The minimum Gasteiger partial charge on any atom is -0.466 e. The molecule has 0 radical (unpaired) electrons. The predicted octanol–water partition coefficient (Wildman–Crippen LogP) is 2.48. The average molecular weight is 230 g/mol. The van der Waals surface area contributed by atoms with Gasteiger partial charge in [-0.2, -0.15) is 0 Å². The Labute approximate surface area is 100 Å². The van der Waals surface area contributed by atoms with Gasteiger partial charge in [0.05, 0.1) is 7.11 Å². The molecule has 3 heteroatoms. The molecule has 0 N–H and O–H groups in total. The Morgan fingerprint density at radius 2 is 1.47 bits per heavy atom. The number of allylic oxidation sites excluding steroid dienone is 1. The summed E-state index contributed by atoms with van der Waals surface area (Å²) in [6.45, 7) is 1.50. The van der Waals surface area contributed by atoms with Gasteiger partial charge in [-0.3, -0.25) is 4.79 Å². The van der Waals surface area contributed by atoms with Crippen molar-refractivity contribution < 1.29 is 14.3 Å². The largest absolute Gasteiger partial charge is 0.466 e. The highest BCUT2D eigenvalue weighted by atomic mass is 16.5. The van der Waals surface area contributed by atoms with Gasteiger partial charge in [0.25, 0.3) is 0 Å². The van der Waals surface area contributed by atoms with Crippen molar-refractivity contribution in [1.29, 1.82) is 0 Å². The zero-order valence-corrected chi connectivity index (χ0v) is 9.84. The second-order valence-electron chi connectivity index (χ2n) is 3.47. The first-order valence-electron chi connectivity index (χ1n) is 5.16. The lowest BCUT2D eigenvalue weighted by atomic mass is 10.1. The van der Waals surface area contributed by atoms with E-state index in [0.29, 0.717) is 0 Å². The van der Waals surface area contributed by atoms with Crippen molar-refractivity contribution in [3.8, 4) is 0 Å². The van der Waals surface area contributed by atoms with Crippen LogP contribution in [0.5, 0.6) is 0 Å². The summed E-state index contributed by atoms with van der Waals surface area (Å²) < 4.78 is 4.49. The fourth-order valence-corrected chi connectivity index (χ4v) is 1.16. The van der Waals surface area contributed by atoms with Gasteiger partial charge < -0.3 is 4.74 Å². The van der Waals surface area contributed by atoms with Crippen LogP contribution in [0, 0.1) is 0 Å². The predicted molar refractivity (Wildman–Crippen MR) is 67.2 cm³/mol. The molecule has 0 aromatic heterocycles. The molecule has 1 rings (SSSR count). The molecule has 0 saturated carbocycles. The minimum absolute atomic E-state index is 0.0136. The van der Waals surface area contributed by atoms with Crippen LogP contribution in [-0.4, -0.2) is 18.9 Å². The number of ether oxygens (including phenoxy) is 1. The summed E-state index contributed by atoms with van der Waals surface area (Å²) in [4.78, 5) is 21.6. The molecule has 0 amide bonds. The fourth-order valence-electron chi connectivity index (χ4n) is 1.16. The lowest BCUT2D eigenvalue weighted by Crippen LogP contribution is -1.93. The summed E-state index contributed by atoms with van der Waals surface area (Å²) in [5.74, 6) is -0.370. The minimum atomic E-state index is -0.384. The quantitative estimate of drug-likeness (QED) is 0.589. The Morgan fingerprint density at radius 3 is 1.88 bits per heavy atom. The molecule has 3 nitrogen and oxygen atoms in total. The van der Waals surface area contributed by atoms with Gasteiger partial charge in [0.15, 0.2) is 5.78 Å². The third-order valence-corrected chi connectivity index (χ3v) is 2.06. The first-order valence-corrected chi connectivity index (χ1v) is 5.16. The monoisotopic (exact) mass is 230 g/mol. The van der Waals surface area contributed by atoms with E-state index in [4.69, 9.17) is 0 Å². The zero-order chi connectivity index (χ0) is 12.7. The van der Waals surface area contributed by atoms with Crippen molar-refractivity contribution >= 4 is 23.9 Å². The summed E-state index contributed by atoms with van der Waals surface area (Å²) in [6, 6.07) is 7.46. The van der Waals surface area contributed by atoms with Crippen LogP contribution >= 0.6 is 0 Å². The highest BCUT2D eigenvalue weighted by Crippen LogP contribution is 2.08. The smallest absolute Gasteiger partial charge is 0.330 e. The van der Waals surface area contributed by atoms with Crippen molar-refractivity contribution in [3.05, 3.63) is 47.5 Å². The molecule has 0 saturated heterocycles. The number of hydrogen-bond donors (Lipinski definition) is 0. The lowest BCUT2D eigenvalue weighted by molar-refractivity contribution is -0.134. The van der Waals surface area contributed by atoms with Crippen molar-refractivity contribution in [1.82, 2.24) is 0 Å². The summed E-state index contributed by atoms with van der Waals surface area (Å²) in [6.07, 6.45) is 6.29. The number of hydrogen-bond acceptors (Lipinski definition) is 3. The summed E-state index contributed by atoms with van der Waals surface area (Å²) >= 11 is 0. The van der Waals surface area contributed by atoms with Gasteiger partial charge in [-0.25, -0.2) is 4.79 Å². The van der Waals surface area contributed by atoms with E-state index >= 15 is 0 Å². The van der Waals surface area contributed by atoms with Gasteiger partial charge in [-0.05, 0) is 30.2 Å². The summed E-state index contributed by atoms with van der Waals surface area (Å²) in [5.41, 5.74) is 1.84. The van der Waals surface area contributed by atoms with E-state index in [-0.39, 0.29) is 11.8 Å². The molecule has 88 valence electrons. The molecular formula is C14H14O3. The number of rotatable bonds is 4. The van der Waals surface area contributed by atoms with Crippen LogP contribution < -0.4 is 0 Å². The highest BCUT2D eigenvalue weighted by Gasteiger charge is 1.92. The molecule has 0 atom stereocenters. The Morgan fingerprint density at radius 1 is 1.00 bits per heavy atom. The van der Waals surface area contributed by atoms with Crippen LogP contribution in [-0.2, 0) is 14.3 Å². The molecule has 0 bridgehead atoms. The molecule has 1 aromatic rings. The van der Waals surface area contributed by atoms with E-state index in [0.717, 1.165) is 11.1 Å². The molecule has 0 heterocycles. The Hall–Kier alpha value is -2.16. The van der Waals surface area contributed by atoms with Crippen molar-refractivity contribution in [2.75, 3.05) is 7.11 Å². The van der Waals surface area contributed by atoms with Crippen LogP contribution in [0.25, 0.3) is 12.2 Å². The van der Waals surface area contributed by atoms with Crippen LogP contribution in [0.3, 0.4) is 0 Å². The van der Waals surface area contributed by atoms with E-state index in [1.54, 1.807) is 12.2 Å². The van der Waals surface area contributed by atoms with E-state index < -0.39 is 0 Å². The maximum absolute atomic E-state index is 10.9. The highest BCUT2D eigenvalue weighted by molar-refractivity contribution is 5.91. The van der Waals surface area contributed by atoms with E-state index in [1.165, 1.54) is 26.2 Å². The normalized spacial score (nSPS) is 10.9. The van der Waals surface area contributed by atoms with Crippen LogP contribution in [0.2, 0.25) is 0 Å².